The van der Waals surface area contributed by atoms with E-state index in [9.17, 15) is 0 Å². The van der Waals surface area contributed by atoms with Crippen LogP contribution in [0.3, 0.4) is 0 Å². The molecule has 0 atom stereocenters. The first-order valence-electron chi connectivity index (χ1n) is 3.46. The highest BCUT2D eigenvalue weighted by atomic mass is 14.9. The van der Waals surface area contributed by atoms with Crippen molar-refractivity contribution in [2.24, 2.45) is 0 Å². The van der Waals surface area contributed by atoms with Crippen molar-refractivity contribution in [3.63, 3.8) is 0 Å². The van der Waals surface area contributed by atoms with Crippen LogP contribution < -0.4 is 0 Å². The number of hydrogen-bond donors (Lipinski definition) is 0. The standard InChI is InChI=1S/C10H11N/c1-3-4-7-10(2)11-8-5-6-9-11/h3-9H,1-2H2/b7-4-. The van der Waals surface area contributed by atoms with Gasteiger partial charge in [-0.25, -0.2) is 0 Å². The number of rotatable bonds is 3. The van der Waals surface area contributed by atoms with E-state index in [0.717, 1.165) is 5.70 Å². The summed E-state index contributed by atoms with van der Waals surface area (Å²) in [6, 6.07) is 3.93. The minimum Gasteiger partial charge on any atom is -0.324 e. The smallest absolute Gasteiger partial charge is 0.0377 e. The van der Waals surface area contributed by atoms with Gasteiger partial charge in [0, 0.05) is 18.1 Å². The fourth-order valence-electron chi connectivity index (χ4n) is 0.791. The summed E-state index contributed by atoms with van der Waals surface area (Å²) in [5.74, 6) is 0. The molecule has 0 saturated heterocycles. The minimum atomic E-state index is 0.940. The van der Waals surface area contributed by atoms with E-state index < -0.39 is 0 Å². The minimum absolute atomic E-state index is 0.940. The van der Waals surface area contributed by atoms with Gasteiger partial charge < -0.3 is 4.57 Å². The summed E-state index contributed by atoms with van der Waals surface area (Å²) < 4.78 is 1.94. The van der Waals surface area contributed by atoms with Crippen LogP contribution >= 0.6 is 0 Å². The second-order valence-electron chi connectivity index (χ2n) is 2.18. The molecule has 0 N–H and O–H groups in total. The Morgan fingerprint density at radius 3 is 2.45 bits per heavy atom. The first-order chi connectivity index (χ1) is 5.34. The lowest BCUT2D eigenvalue weighted by Crippen LogP contribution is -1.86. The molecule has 0 aromatic carbocycles. The van der Waals surface area contributed by atoms with Crippen molar-refractivity contribution in [3.05, 3.63) is 55.9 Å². The summed E-state index contributed by atoms with van der Waals surface area (Å²) in [7, 11) is 0. The third-order valence-electron chi connectivity index (χ3n) is 1.36. The molecule has 1 aromatic rings. The fourth-order valence-corrected chi connectivity index (χ4v) is 0.791. The van der Waals surface area contributed by atoms with Crippen LogP contribution in [0, 0.1) is 0 Å². The summed E-state index contributed by atoms with van der Waals surface area (Å²) in [6.45, 7) is 7.44. The molecule has 0 saturated carbocycles. The van der Waals surface area contributed by atoms with Crippen molar-refractivity contribution in [2.45, 2.75) is 0 Å². The Hall–Kier alpha value is -1.50. The topological polar surface area (TPSA) is 4.93 Å². The highest BCUT2D eigenvalue weighted by Gasteiger charge is 1.86. The zero-order valence-electron chi connectivity index (χ0n) is 6.40. The molecule has 1 rings (SSSR count). The van der Waals surface area contributed by atoms with Crippen molar-refractivity contribution in [3.8, 4) is 0 Å². The van der Waals surface area contributed by atoms with Gasteiger partial charge in [0.15, 0.2) is 0 Å². The average molecular weight is 145 g/mol. The zero-order valence-corrected chi connectivity index (χ0v) is 6.40. The van der Waals surface area contributed by atoms with Crippen LogP contribution in [-0.4, -0.2) is 4.57 Å². The summed E-state index contributed by atoms with van der Waals surface area (Å²) in [5.41, 5.74) is 0.940. The molecule has 56 valence electrons. The SMILES string of the molecule is C=C/C=C\C(=C)n1cccc1. The highest BCUT2D eigenvalue weighted by Crippen LogP contribution is 2.02. The molecule has 1 heteroatoms. The summed E-state index contributed by atoms with van der Waals surface area (Å²) in [4.78, 5) is 0. The van der Waals surface area contributed by atoms with E-state index >= 15 is 0 Å². The lowest BCUT2D eigenvalue weighted by Gasteiger charge is -1.98. The fraction of sp³-hybridized carbons (Fsp3) is 0. The van der Waals surface area contributed by atoms with Crippen LogP contribution in [0.4, 0.5) is 0 Å². The molecule has 0 bridgehead atoms. The molecule has 0 amide bonds. The van der Waals surface area contributed by atoms with Gasteiger partial charge in [0.05, 0.1) is 0 Å². The monoisotopic (exact) mass is 145 g/mol. The Labute approximate surface area is 67.0 Å². The van der Waals surface area contributed by atoms with Crippen LogP contribution in [0.1, 0.15) is 0 Å². The first-order valence-corrected chi connectivity index (χ1v) is 3.46. The Bertz CT molecular complexity index is 265. The Morgan fingerprint density at radius 2 is 1.91 bits per heavy atom. The van der Waals surface area contributed by atoms with E-state index in [4.69, 9.17) is 0 Å². The maximum Gasteiger partial charge on any atom is 0.0377 e. The Kier molecular flexibility index (Phi) is 2.50. The molecule has 1 heterocycles. The molecule has 0 aliphatic heterocycles. The molecular formula is C10H11N. The molecule has 0 spiro atoms. The number of hydrogen-bond acceptors (Lipinski definition) is 0. The van der Waals surface area contributed by atoms with Gasteiger partial charge in [-0.1, -0.05) is 25.3 Å². The second-order valence-corrected chi connectivity index (χ2v) is 2.18. The maximum absolute atomic E-state index is 3.86. The Balaban J connectivity index is 2.71. The lowest BCUT2D eigenvalue weighted by molar-refractivity contribution is 1.13. The van der Waals surface area contributed by atoms with Crippen molar-refractivity contribution in [1.82, 2.24) is 4.57 Å². The largest absolute Gasteiger partial charge is 0.324 e. The predicted molar refractivity (Wildman–Crippen MR) is 49.1 cm³/mol. The normalized spacial score (nSPS) is 10.2. The molecule has 1 aromatic heterocycles. The predicted octanol–water partition coefficient (Wildman–Crippen LogP) is 2.70. The Morgan fingerprint density at radius 1 is 1.27 bits per heavy atom. The van der Waals surface area contributed by atoms with Gasteiger partial charge in [-0.05, 0) is 18.2 Å². The van der Waals surface area contributed by atoms with E-state index in [-0.39, 0.29) is 0 Å². The highest BCUT2D eigenvalue weighted by molar-refractivity contribution is 5.54. The van der Waals surface area contributed by atoms with Gasteiger partial charge >= 0.3 is 0 Å². The molecule has 1 nitrogen and oxygen atoms in total. The van der Waals surface area contributed by atoms with Gasteiger partial charge in [-0.15, -0.1) is 0 Å². The molecular weight excluding hydrogens is 134 g/mol. The van der Waals surface area contributed by atoms with Gasteiger partial charge in [0.25, 0.3) is 0 Å². The van der Waals surface area contributed by atoms with Gasteiger partial charge in [-0.3, -0.25) is 0 Å². The molecule has 0 unspecified atom stereocenters. The van der Waals surface area contributed by atoms with Crippen LogP contribution in [0.2, 0.25) is 0 Å². The average Bonchev–Trinajstić information content (AvgIpc) is 2.52. The van der Waals surface area contributed by atoms with Crippen LogP contribution in [-0.2, 0) is 0 Å². The zero-order chi connectivity index (χ0) is 8.10. The van der Waals surface area contributed by atoms with Gasteiger partial charge in [0.1, 0.15) is 0 Å². The van der Waals surface area contributed by atoms with Crippen LogP contribution in [0.5, 0.6) is 0 Å². The third kappa shape index (κ3) is 1.97. The second kappa shape index (κ2) is 3.62. The first kappa shape index (κ1) is 7.61. The van der Waals surface area contributed by atoms with E-state index in [2.05, 4.69) is 13.2 Å². The van der Waals surface area contributed by atoms with Crippen LogP contribution in [0.15, 0.2) is 55.9 Å². The number of aromatic nitrogens is 1. The number of nitrogens with zero attached hydrogens (tertiary/aromatic N) is 1. The molecule has 0 radical (unpaired) electrons. The number of allylic oxidation sites excluding steroid dienone is 4. The van der Waals surface area contributed by atoms with Crippen molar-refractivity contribution < 1.29 is 0 Å². The molecule has 0 fully saturated rings. The van der Waals surface area contributed by atoms with Gasteiger partial charge in [-0.2, -0.15) is 0 Å². The molecule has 0 aliphatic carbocycles. The lowest BCUT2D eigenvalue weighted by atomic mass is 10.4. The van der Waals surface area contributed by atoms with E-state index in [0.29, 0.717) is 0 Å². The van der Waals surface area contributed by atoms with Crippen molar-refractivity contribution in [1.29, 1.82) is 0 Å². The summed E-state index contributed by atoms with van der Waals surface area (Å²) in [5, 5.41) is 0. The summed E-state index contributed by atoms with van der Waals surface area (Å²) in [6.07, 6.45) is 9.41. The van der Waals surface area contributed by atoms with Crippen molar-refractivity contribution >= 4 is 5.70 Å². The quantitative estimate of drug-likeness (QED) is 0.576. The van der Waals surface area contributed by atoms with E-state index in [1.54, 1.807) is 6.08 Å². The molecule has 11 heavy (non-hydrogen) atoms. The van der Waals surface area contributed by atoms with Gasteiger partial charge in [0.2, 0.25) is 0 Å². The molecule has 0 aliphatic rings. The van der Waals surface area contributed by atoms with Crippen LogP contribution in [0.25, 0.3) is 5.70 Å². The van der Waals surface area contributed by atoms with E-state index in [1.807, 2.05) is 41.2 Å². The van der Waals surface area contributed by atoms with E-state index in [1.165, 1.54) is 0 Å². The third-order valence-corrected chi connectivity index (χ3v) is 1.36. The summed E-state index contributed by atoms with van der Waals surface area (Å²) >= 11 is 0. The maximum atomic E-state index is 3.86. The van der Waals surface area contributed by atoms with Crippen molar-refractivity contribution in [2.75, 3.05) is 0 Å².